The molecule has 2 aliphatic heterocycles. The molecule has 0 aromatic rings. The van der Waals surface area contributed by atoms with Gasteiger partial charge in [-0.15, -0.1) is 0 Å². The highest BCUT2D eigenvalue weighted by atomic mass is 16.2. The molecule has 0 aromatic heterocycles. The number of piperazine rings is 1. The number of amides is 2. The third kappa shape index (κ3) is 2.97. The van der Waals surface area contributed by atoms with Crippen LogP contribution in [0.15, 0.2) is 0 Å². The van der Waals surface area contributed by atoms with Crippen molar-refractivity contribution in [1.29, 1.82) is 0 Å². The molecule has 2 unspecified atom stereocenters. The molecule has 0 bridgehead atoms. The van der Waals surface area contributed by atoms with Crippen molar-refractivity contribution in [3.63, 3.8) is 0 Å². The van der Waals surface area contributed by atoms with Crippen molar-refractivity contribution in [2.45, 2.75) is 44.6 Å². The molecule has 1 N–H and O–H groups in total. The van der Waals surface area contributed by atoms with Gasteiger partial charge in [0.25, 0.3) is 0 Å². The Hall–Kier alpha value is -1.10. The number of hydrogen-bond acceptors (Lipinski definition) is 3. The number of nitrogens with zero attached hydrogens (tertiary/aromatic N) is 2. The van der Waals surface area contributed by atoms with Crippen molar-refractivity contribution in [2.75, 3.05) is 32.7 Å². The second kappa shape index (κ2) is 6.12. The summed E-state index contributed by atoms with van der Waals surface area (Å²) in [5.74, 6) is 1.00. The van der Waals surface area contributed by atoms with Crippen LogP contribution in [0.25, 0.3) is 0 Å². The summed E-state index contributed by atoms with van der Waals surface area (Å²) in [6, 6.07) is 0.476. The zero-order chi connectivity index (χ0) is 13.9. The van der Waals surface area contributed by atoms with Crippen molar-refractivity contribution < 1.29 is 9.59 Å². The zero-order valence-electron chi connectivity index (χ0n) is 12.1. The highest BCUT2D eigenvalue weighted by molar-refractivity contribution is 5.82. The van der Waals surface area contributed by atoms with E-state index in [2.05, 4.69) is 10.2 Å². The molecular formula is C15H25N3O2. The topological polar surface area (TPSA) is 52.7 Å². The predicted octanol–water partition coefficient (Wildman–Crippen LogP) is 0.599. The molecule has 0 radical (unpaired) electrons. The number of hydrogen-bond donors (Lipinski definition) is 1. The molecule has 5 heteroatoms. The van der Waals surface area contributed by atoms with Gasteiger partial charge in [-0.3, -0.25) is 14.5 Å². The molecule has 0 aromatic carbocycles. The van der Waals surface area contributed by atoms with E-state index in [1.165, 1.54) is 32.1 Å². The summed E-state index contributed by atoms with van der Waals surface area (Å²) in [7, 11) is 0. The Morgan fingerprint density at radius 3 is 2.80 bits per heavy atom. The van der Waals surface area contributed by atoms with Gasteiger partial charge in [0.15, 0.2) is 0 Å². The molecule has 5 nitrogen and oxygen atoms in total. The number of carbonyl (C=O) groups is 2. The first-order valence-corrected chi connectivity index (χ1v) is 8.02. The fourth-order valence-corrected chi connectivity index (χ4v) is 4.04. The van der Waals surface area contributed by atoms with Gasteiger partial charge >= 0.3 is 0 Å². The smallest absolute Gasteiger partial charge is 0.237 e. The van der Waals surface area contributed by atoms with Crippen LogP contribution in [0.3, 0.4) is 0 Å². The van der Waals surface area contributed by atoms with E-state index >= 15 is 0 Å². The van der Waals surface area contributed by atoms with Crippen molar-refractivity contribution in [1.82, 2.24) is 15.1 Å². The third-order valence-corrected chi connectivity index (χ3v) is 5.04. The summed E-state index contributed by atoms with van der Waals surface area (Å²) < 4.78 is 0. The monoisotopic (exact) mass is 279 g/mol. The number of fused-ring (bicyclic) bond motifs is 1. The summed E-state index contributed by atoms with van der Waals surface area (Å²) in [5.41, 5.74) is 0. The lowest BCUT2D eigenvalue weighted by atomic mass is 9.78. The van der Waals surface area contributed by atoms with E-state index in [1.54, 1.807) is 0 Å². The molecule has 1 saturated carbocycles. The Kier molecular flexibility index (Phi) is 4.24. The average molecular weight is 279 g/mol. The zero-order valence-corrected chi connectivity index (χ0v) is 12.1. The molecular weight excluding hydrogens is 254 g/mol. The van der Waals surface area contributed by atoms with Gasteiger partial charge in [0.2, 0.25) is 11.8 Å². The molecule has 20 heavy (non-hydrogen) atoms. The van der Waals surface area contributed by atoms with E-state index in [0.717, 1.165) is 25.4 Å². The lowest BCUT2D eigenvalue weighted by Crippen LogP contribution is -2.55. The molecule has 1 aliphatic carbocycles. The van der Waals surface area contributed by atoms with Crippen LogP contribution in [0.2, 0.25) is 0 Å². The molecule has 0 spiro atoms. The lowest BCUT2D eigenvalue weighted by molar-refractivity contribution is -0.139. The summed E-state index contributed by atoms with van der Waals surface area (Å²) in [5, 5.41) is 2.80. The van der Waals surface area contributed by atoms with E-state index < -0.39 is 0 Å². The Bertz CT molecular complexity index is 383. The van der Waals surface area contributed by atoms with Gasteiger partial charge in [-0.2, -0.15) is 0 Å². The first-order chi connectivity index (χ1) is 9.74. The molecule has 2 heterocycles. The summed E-state index contributed by atoms with van der Waals surface area (Å²) in [6.45, 7) is 3.15. The molecule has 2 amide bonds. The summed E-state index contributed by atoms with van der Waals surface area (Å²) in [6.07, 6.45) is 7.50. The maximum absolute atomic E-state index is 12.6. The van der Waals surface area contributed by atoms with E-state index in [4.69, 9.17) is 0 Å². The fourth-order valence-electron chi connectivity index (χ4n) is 4.04. The average Bonchev–Trinajstić information content (AvgIpc) is 2.46. The van der Waals surface area contributed by atoms with Gasteiger partial charge in [-0.05, 0) is 31.6 Å². The second-order valence-corrected chi connectivity index (χ2v) is 6.40. The minimum atomic E-state index is 0.0400. The standard InChI is InChI=1S/C15H25N3O2/c19-14-10-17(9-7-16-14)11-15(20)18-8-3-5-12-4-1-2-6-13(12)18/h12-13H,1-11H2,(H,16,19). The van der Waals surface area contributed by atoms with E-state index in [-0.39, 0.29) is 11.8 Å². The van der Waals surface area contributed by atoms with Crippen molar-refractivity contribution in [3.05, 3.63) is 0 Å². The molecule has 2 saturated heterocycles. The second-order valence-electron chi connectivity index (χ2n) is 6.40. The number of likely N-dealkylation sites (tertiary alicyclic amines) is 1. The number of nitrogens with one attached hydrogen (secondary N) is 1. The van der Waals surface area contributed by atoms with Gasteiger partial charge in [-0.25, -0.2) is 0 Å². The molecule has 112 valence electrons. The lowest BCUT2D eigenvalue weighted by Gasteiger charge is -2.44. The highest BCUT2D eigenvalue weighted by Gasteiger charge is 2.36. The van der Waals surface area contributed by atoms with Gasteiger partial charge in [0, 0.05) is 25.7 Å². The van der Waals surface area contributed by atoms with Crippen LogP contribution in [-0.4, -0.2) is 60.4 Å². The largest absolute Gasteiger partial charge is 0.354 e. The van der Waals surface area contributed by atoms with Crippen LogP contribution in [-0.2, 0) is 9.59 Å². The number of carbonyl (C=O) groups excluding carboxylic acids is 2. The number of piperidine rings is 1. The molecule has 2 atom stereocenters. The Morgan fingerprint density at radius 2 is 1.95 bits per heavy atom. The minimum absolute atomic E-state index is 0.0400. The van der Waals surface area contributed by atoms with Crippen LogP contribution in [0.5, 0.6) is 0 Å². The fraction of sp³-hybridized carbons (Fsp3) is 0.867. The van der Waals surface area contributed by atoms with Gasteiger partial charge in [-0.1, -0.05) is 12.8 Å². The predicted molar refractivity (Wildman–Crippen MR) is 76.1 cm³/mol. The van der Waals surface area contributed by atoms with Gasteiger partial charge in [0.1, 0.15) is 0 Å². The summed E-state index contributed by atoms with van der Waals surface area (Å²) in [4.78, 5) is 28.1. The molecule has 3 rings (SSSR count). The number of rotatable bonds is 2. The summed E-state index contributed by atoms with van der Waals surface area (Å²) >= 11 is 0. The highest BCUT2D eigenvalue weighted by Crippen LogP contribution is 2.35. The Balaban J connectivity index is 1.59. The van der Waals surface area contributed by atoms with Crippen molar-refractivity contribution in [3.8, 4) is 0 Å². The van der Waals surface area contributed by atoms with Gasteiger partial charge < -0.3 is 10.2 Å². The molecule has 3 fully saturated rings. The third-order valence-electron chi connectivity index (χ3n) is 5.04. The van der Waals surface area contributed by atoms with Crippen molar-refractivity contribution in [2.24, 2.45) is 5.92 Å². The Morgan fingerprint density at radius 1 is 1.15 bits per heavy atom. The Labute approximate surface area is 120 Å². The van der Waals surface area contributed by atoms with E-state index in [0.29, 0.717) is 25.7 Å². The van der Waals surface area contributed by atoms with Crippen LogP contribution in [0.4, 0.5) is 0 Å². The van der Waals surface area contributed by atoms with Crippen molar-refractivity contribution >= 4 is 11.8 Å². The van der Waals surface area contributed by atoms with Crippen LogP contribution < -0.4 is 5.32 Å². The first-order valence-electron chi connectivity index (χ1n) is 8.02. The SMILES string of the molecule is O=C1CN(CC(=O)N2CCCC3CCCCC32)CCN1. The van der Waals surface area contributed by atoms with Crippen LogP contribution in [0, 0.1) is 5.92 Å². The maximum atomic E-state index is 12.6. The van der Waals surface area contributed by atoms with Crippen LogP contribution >= 0.6 is 0 Å². The minimum Gasteiger partial charge on any atom is -0.354 e. The normalized spacial score (nSPS) is 31.6. The van der Waals surface area contributed by atoms with E-state index in [1.807, 2.05) is 4.90 Å². The maximum Gasteiger partial charge on any atom is 0.237 e. The van der Waals surface area contributed by atoms with E-state index in [9.17, 15) is 9.59 Å². The first kappa shape index (κ1) is 13.9. The van der Waals surface area contributed by atoms with Gasteiger partial charge in [0.05, 0.1) is 13.1 Å². The molecule has 3 aliphatic rings. The van der Waals surface area contributed by atoms with Crippen LogP contribution in [0.1, 0.15) is 38.5 Å². The quantitative estimate of drug-likeness (QED) is 0.805.